The summed E-state index contributed by atoms with van der Waals surface area (Å²) in [6.07, 6.45) is 2.98. The fourth-order valence-electron chi connectivity index (χ4n) is 4.35. The van der Waals surface area contributed by atoms with Crippen molar-refractivity contribution < 1.29 is 23.5 Å². The topological polar surface area (TPSA) is 118 Å². The van der Waals surface area contributed by atoms with E-state index in [9.17, 15) is 9.59 Å². The summed E-state index contributed by atoms with van der Waals surface area (Å²) < 4.78 is 26.1. The van der Waals surface area contributed by atoms with Crippen LogP contribution in [0, 0.1) is 19.7 Å². The van der Waals surface area contributed by atoms with Gasteiger partial charge >= 0.3 is 0 Å². The van der Waals surface area contributed by atoms with Gasteiger partial charge in [0.2, 0.25) is 5.88 Å². The third kappa shape index (κ3) is 4.05. The van der Waals surface area contributed by atoms with Gasteiger partial charge in [0.1, 0.15) is 22.8 Å². The van der Waals surface area contributed by atoms with Crippen molar-refractivity contribution in [2.24, 2.45) is 0 Å². The quantitative estimate of drug-likeness (QED) is 0.341. The number of H-pyrrole nitrogens is 1. The Bertz CT molecular complexity index is 1510. The van der Waals surface area contributed by atoms with Gasteiger partial charge in [0.05, 0.1) is 40.7 Å². The number of fused-ring (bicyclic) bond motifs is 3. The van der Waals surface area contributed by atoms with Gasteiger partial charge in [0.25, 0.3) is 5.91 Å². The van der Waals surface area contributed by atoms with Crippen LogP contribution in [0.25, 0.3) is 11.0 Å². The second-order valence-electron chi connectivity index (χ2n) is 9.01. The third-order valence-electron chi connectivity index (χ3n) is 6.01. The Morgan fingerprint density at radius 1 is 1.17 bits per heavy atom. The Balaban J connectivity index is 1.51. The largest absolute Gasteiger partial charge is 0.439 e. The van der Waals surface area contributed by atoms with Crippen LogP contribution < -0.4 is 15.4 Å². The monoisotopic (exact) mass is 489 g/mol. The highest BCUT2D eigenvalue weighted by atomic mass is 19.1. The second-order valence-corrected chi connectivity index (χ2v) is 9.01. The van der Waals surface area contributed by atoms with Crippen LogP contribution in [0.2, 0.25) is 0 Å². The van der Waals surface area contributed by atoms with Gasteiger partial charge in [-0.25, -0.2) is 14.4 Å². The minimum absolute atomic E-state index is 0.0984. The van der Waals surface area contributed by atoms with Gasteiger partial charge in [-0.1, -0.05) is 0 Å². The van der Waals surface area contributed by atoms with Crippen molar-refractivity contribution in [3.8, 4) is 11.6 Å². The lowest BCUT2D eigenvalue weighted by molar-refractivity contribution is -0.121. The Morgan fingerprint density at radius 3 is 2.69 bits per heavy atom. The predicted octanol–water partition coefficient (Wildman–Crippen LogP) is 4.51. The Kier molecular flexibility index (Phi) is 5.68. The van der Waals surface area contributed by atoms with Gasteiger partial charge in [-0.2, -0.15) is 0 Å². The number of hydrogen-bond acceptors (Lipinski definition) is 7. The summed E-state index contributed by atoms with van der Waals surface area (Å²) in [7, 11) is 1.50. The number of hydrogen-bond donors (Lipinski definition) is 3. The minimum atomic E-state index is -1.07. The van der Waals surface area contributed by atoms with Crippen LogP contribution in [0.4, 0.5) is 15.8 Å². The number of rotatable bonds is 6. The number of methoxy groups -OCH3 is 1. The second kappa shape index (κ2) is 8.72. The van der Waals surface area contributed by atoms with Crippen LogP contribution >= 0.6 is 0 Å². The van der Waals surface area contributed by atoms with E-state index >= 15 is 4.39 Å². The molecule has 1 atom stereocenters. The molecular formula is C26H24FN5O4. The van der Waals surface area contributed by atoms with E-state index in [1.54, 1.807) is 13.0 Å². The SMILES string of the molecule is COC[C@]1(C)Nc2c(cnc3[nH]cc(C(=O)c4ccc(Oc5cc(C)cc(C)n5)cc4F)c23)NC1=O. The molecule has 10 heteroatoms. The third-order valence-corrected chi connectivity index (χ3v) is 6.01. The molecule has 184 valence electrons. The van der Waals surface area contributed by atoms with Gasteiger partial charge < -0.3 is 25.1 Å². The molecular weight excluding hydrogens is 465 g/mol. The summed E-state index contributed by atoms with van der Waals surface area (Å²) in [5.74, 6) is -1.01. The van der Waals surface area contributed by atoms with Crippen molar-refractivity contribution in [3.05, 3.63) is 70.9 Å². The number of ketones is 1. The van der Waals surface area contributed by atoms with E-state index in [4.69, 9.17) is 9.47 Å². The summed E-state index contributed by atoms with van der Waals surface area (Å²) in [6.45, 7) is 5.55. The first-order valence-corrected chi connectivity index (χ1v) is 11.2. The number of nitrogens with one attached hydrogen (secondary N) is 3. The van der Waals surface area contributed by atoms with E-state index in [-0.39, 0.29) is 29.4 Å². The average Bonchev–Trinajstić information content (AvgIpc) is 3.24. The van der Waals surface area contributed by atoms with Crippen LogP contribution in [-0.4, -0.2) is 45.9 Å². The molecule has 1 aromatic carbocycles. The molecule has 0 radical (unpaired) electrons. The number of carbonyl (C=O) groups is 2. The summed E-state index contributed by atoms with van der Waals surface area (Å²) in [5, 5.41) is 6.44. The zero-order chi connectivity index (χ0) is 25.6. The molecule has 0 aliphatic carbocycles. The molecule has 0 spiro atoms. The highest BCUT2D eigenvalue weighted by Crippen LogP contribution is 2.39. The minimum Gasteiger partial charge on any atom is -0.439 e. The fraction of sp³-hybridized carbons (Fsp3) is 0.231. The number of halogens is 1. The number of aryl methyl sites for hydroxylation is 2. The number of ether oxygens (including phenoxy) is 2. The summed E-state index contributed by atoms with van der Waals surface area (Å²) in [6, 6.07) is 7.70. The van der Waals surface area contributed by atoms with E-state index in [0.29, 0.717) is 28.3 Å². The first-order valence-electron chi connectivity index (χ1n) is 11.2. The number of carbonyl (C=O) groups excluding carboxylic acids is 2. The zero-order valence-corrected chi connectivity index (χ0v) is 20.2. The maximum absolute atomic E-state index is 15.1. The number of aromatic amines is 1. The predicted molar refractivity (Wildman–Crippen MR) is 132 cm³/mol. The van der Waals surface area contributed by atoms with E-state index < -0.39 is 17.1 Å². The number of amides is 1. The van der Waals surface area contributed by atoms with Gasteiger partial charge in [-0.15, -0.1) is 0 Å². The van der Waals surface area contributed by atoms with Gasteiger partial charge in [-0.3, -0.25) is 9.59 Å². The summed E-state index contributed by atoms with van der Waals surface area (Å²) in [5.41, 5.74) is 2.09. The lowest BCUT2D eigenvalue weighted by Crippen LogP contribution is -2.53. The molecule has 4 heterocycles. The van der Waals surface area contributed by atoms with Gasteiger partial charge in [0, 0.05) is 31.1 Å². The van der Waals surface area contributed by atoms with Crippen molar-refractivity contribution in [1.29, 1.82) is 0 Å². The van der Waals surface area contributed by atoms with Crippen LogP contribution in [0.3, 0.4) is 0 Å². The number of pyridine rings is 2. The molecule has 1 aliphatic rings. The molecule has 36 heavy (non-hydrogen) atoms. The van der Waals surface area contributed by atoms with Crippen LogP contribution in [0.1, 0.15) is 34.1 Å². The molecule has 4 aromatic rings. The molecule has 1 aliphatic heterocycles. The number of nitrogens with zero attached hydrogens (tertiary/aromatic N) is 2. The summed E-state index contributed by atoms with van der Waals surface area (Å²) >= 11 is 0. The Hall–Kier alpha value is -4.31. The van der Waals surface area contributed by atoms with E-state index in [1.807, 2.05) is 19.9 Å². The molecule has 0 saturated heterocycles. The standard InChI is InChI=1S/C26H24FN5O4/c1-13-7-14(2)30-20(8-13)36-15-5-6-16(18(27)9-15)23(33)17-10-28-24-21(17)22-19(11-29-24)31-25(34)26(3,32-22)12-35-4/h5-11,32H,12H2,1-4H3,(H,28,29)(H,31,34)/t26-/m0/s1. The maximum atomic E-state index is 15.1. The first kappa shape index (κ1) is 23.4. The van der Waals surface area contributed by atoms with Crippen LogP contribution in [0.15, 0.2) is 42.7 Å². The van der Waals surface area contributed by atoms with E-state index in [2.05, 4.69) is 25.6 Å². The number of aromatic nitrogens is 3. The summed E-state index contributed by atoms with van der Waals surface area (Å²) in [4.78, 5) is 37.6. The molecule has 0 fully saturated rings. The molecule has 0 unspecified atom stereocenters. The smallest absolute Gasteiger partial charge is 0.252 e. The first-order chi connectivity index (χ1) is 17.2. The zero-order valence-electron chi connectivity index (χ0n) is 20.2. The van der Waals surface area contributed by atoms with Crippen molar-refractivity contribution in [3.63, 3.8) is 0 Å². The highest BCUT2D eigenvalue weighted by Gasteiger charge is 2.39. The van der Waals surface area contributed by atoms with Crippen LogP contribution in [-0.2, 0) is 9.53 Å². The molecule has 5 rings (SSSR count). The van der Waals surface area contributed by atoms with Gasteiger partial charge in [-0.05, 0) is 44.5 Å². The van der Waals surface area contributed by atoms with Crippen LogP contribution in [0.5, 0.6) is 11.6 Å². The van der Waals surface area contributed by atoms with Gasteiger partial charge in [0.15, 0.2) is 5.78 Å². The lowest BCUT2D eigenvalue weighted by Gasteiger charge is -2.35. The van der Waals surface area contributed by atoms with Crippen molar-refractivity contribution >= 4 is 34.1 Å². The molecule has 9 nitrogen and oxygen atoms in total. The van der Waals surface area contributed by atoms with Crippen molar-refractivity contribution in [1.82, 2.24) is 15.0 Å². The lowest BCUT2D eigenvalue weighted by atomic mass is 9.96. The fourth-order valence-corrected chi connectivity index (χ4v) is 4.35. The Morgan fingerprint density at radius 2 is 1.97 bits per heavy atom. The molecule has 3 N–H and O–H groups in total. The molecule has 0 saturated carbocycles. The highest BCUT2D eigenvalue weighted by molar-refractivity contribution is 6.21. The van der Waals surface area contributed by atoms with E-state index in [1.165, 1.54) is 31.6 Å². The van der Waals surface area contributed by atoms with Crippen molar-refractivity contribution in [2.75, 3.05) is 24.4 Å². The Labute approximate surface area is 206 Å². The molecule has 3 aromatic heterocycles. The average molecular weight is 490 g/mol. The van der Waals surface area contributed by atoms with E-state index in [0.717, 1.165) is 17.3 Å². The number of anilines is 2. The number of benzene rings is 1. The molecule has 1 amide bonds. The maximum Gasteiger partial charge on any atom is 0.252 e. The van der Waals surface area contributed by atoms with Crippen molar-refractivity contribution in [2.45, 2.75) is 26.3 Å². The molecule has 0 bridgehead atoms. The normalized spacial score (nSPS) is 16.9.